The Hall–Kier alpha value is -2.41. The summed E-state index contributed by atoms with van der Waals surface area (Å²) in [4.78, 5) is 23.4. The van der Waals surface area contributed by atoms with Gasteiger partial charge in [0.2, 0.25) is 0 Å². The molecule has 1 N–H and O–H groups in total. The maximum absolute atomic E-state index is 11.7. The van der Waals surface area contributed by atoms with Crippen molar-refractivity contribution in [3.63, 3.8) is 0 Å². The van der Waals surface area contributed by atoms with E-state index in [4.69, 9.17) is 4.74 Å². The fourth-order valence-corrected chi connectivity index (χ4v) is 1.96. The molecule has 0 bridgehead atoms. The number of aromatic nitrogens is 1. The van der Waals surface area contributed by atoms with E-state index < -0.39 is 18.5 Å². The van der Waals surface area contributed by atoms with E-state index in [0.717, 1.165) is 10.0 Å². The first kappa shape index (κ1) is 16.0. The summed E-state index contributed by atoms with van der Waals surface area (Å²) in [5, 5.41) is 14.0. The van der Waals surface area contributed by atoms with Gasteiger partial charge < -0.3 is 15.3 Å². The lowest BCUT2D eigenvalue weighted by Crippen LogP contribution is -2.35. The molecule has 0 unspecified atom stereocenters. The summed E-state index contributed by atoms with van der Waals surface area (Å²) in [7, 11) is 0. The van der Waals surface area contributed by atoms with Gasteiger partial charge >= 0.3 is 11.7 Å². The van der Waals surface area contributed by atoms with Crippen molar-refractivity contribution in [1.29, 1.82) is 0 Å². The van der Waals surface area contributed by atoms with Gasteiger partial charge in [0.25, 0.3) is 5.91 Å². The first-order chi connectivity index (χ1) is 10.5. The summed E-state index contributed by atoms with van der Waals surface area (Å²) in [6.07, 6.45) is 1.18. The molecule has 1 amide bonds. The molecule has 2 rings (SSSR count). The van der Waals surface area contributed by atoms with E-state index in [1.54, 1.807) is 18.2 Å². The molecular formula is C15H13BrN2O4. The fraction of sp³-hybridized carbons (Fsp3) is 0.133. The van der Waals surface area contributed by atoms with Crippen molar-refractivity contribution < 1.29 is 19.1 Å². The van der Waals surface area contributed by atoms with Crippen LogP contribution in [0.5, 0.6) is 0 Å². The van der Waals surface area contributed by atoms with Crippen LogP contribution < -0.4 is 10.0 Å². The first-order valence-electron chi connectivity index (χ1n) is 6.38. The van der Waals surface area contributed by atoms with Gasteiger partial charge in [0.15, 0.2) is 12.8 Å². The number of hydrogen-bond acceptors (Lipinski definition) is 4. The molecule has 6 nitrogen and oxygen atoms in total. The van der Waals surface area contributed by atoms with Gasteiger partial charge in [-0.25, -0.2) is 4.79 Å². The van der Waals surface area contributed by atoms with Crippen molar-refractivity contribution in [3.8, 4) is 0 Å². The maximum atomic E-state index is 11.7. The summed E-state index contributed by atoms with van der Waals surface area (Å²) < 4.78 is 6.13. The predicted molar refractivity (Wildman–Crippen MR) is 83.2 cm³/mol. The molecule has 0 aliphatic carbocycles. The van der Waals surface area contributed by atoms with Gasteiger partial charge in [-0.3, -0.25) is 4.79 Å². The number of amides is 1. The van der Waals surface area contributed by atoms with Gasteiger partial charge in [0.05, 0.1) is 0 Å². The van der Waals surface area contributed by atoms with E-state index in [2.05, 4.69) is 21.2 Å². The number of nitrogens with zero attached hydrogens (tertiary/aromatic N) is 1. The molecule has 22 heavy (non-hydrogen) atoms. The normalized spacial score (nSPS) is 10.1. The Morgan fingerprint density at radius 3 is 2.77 bits per heavy atom. The molecule has 0 saturated carbocycles. The number of pyridine rings is 1. The van der Waals surface area contributed by atoms with Crippen molar-refractivity contribution in [2.24, 2.45) is 0 Å². The second-order valence-electron chi connectivity index (χ2n) is 4.50. The molecule has 0 spiro atoms. The van der Waals surface area contributed by atoms with Crippen molar-refractivity contribution in [2.45, 2.75) is 6.92 Å². The summed E-state index contributed by atoms with van der Waals surface area (Å²) in [6.45, 7) is 1.42. The summed E-state index contributed by atoms with van der Waals surface area (Å²) in [5.41, 5.74) is 1.39. The molecule has 0 aliphatic rings. The van der Waals surface area contributed by atoms with Crippen LogP contribution in [0, 0.1) is 12.1 Å². The van der Waals surface area contributed by atoms with Crippen molar-refractivity contribution in [1.82, 2.24) is 0 Å². The smallest absolute Gasteiger partial charge is 0.405 e. The van der Waals surface area contributed by atoms with E-state index in [9.17, 15) is 14.8 Å². The standard InChI is InChI=1S/C15H13BrN2O4/c1-10-8-11(5-6-12(10)16)17-14(19)9-22-15(20)13-4-2-3-7-18(13)21/h2-8H,9H2,1H3,(H,17,19). The highest BCUT2D eigenvalue weighted by Gasteiger charge is 2.18. The van der Waals surface area contributed by atoms with Crippen LogP contribution >= 0.6 is 15.9 Å². The van der Waals surface area contributed by atoms with E-state index in [1.807, 2.05) is 6.92 Å². The molecular weight excluding hydrogens is 352 g/mol. The lowest BCUT2D eigenvalue weighted by Gasteiger charge is -2.08. The SMILES string of the molecule is Cc1cc(NC(=O)COC(=O)c2cccc[n+]2[O-])ccc1Br. The predicted octanol–water partition coefficient (Wildman–Crippen LogP) is 2.19. The number of rotatable bonds is 4. The summed E-state index contributed by atoms with van der Waals surface area (Å²) in [6, 6.07) is 9.67. The van der Waals surface area contributed by atoms with Crippen LogP contribution in [0.2, 0.25) is 0 Å². The molecule has 0 saturated heterocycles. The number of esters is 1. The van der Waals surface area contributed by atoms with Gasteiger partial charge in [-0.05, 0) is 36.8 Å². The monoisotopic (exact) mass is 364 g/mol. The highest BCUT2D eigenvalue weighted by atomic mass is 79.9. The number of nitrogens with one attached hydrogen (secondary N) is 1. The Kier molecular flexibility index (Phi) is 5.11. The zero-order valence-electron chi connectivity index (χ0n) is 11.7. The number of halogens is 1. The third kappa shape index (κ3) is 4.05. The number of carbonyl (C=O) groups excluding carboxylic acids is 2. The minimum Gasteiger partial charge on any atom is -0.618 e. The Bertz CT molecular complexity index is 718. The van der Waals surface area contributed by atoms with E-state index in [-0.39, 0.29) is 5.69 Å². The Morgan fingerprint density at radius 2 is 2.09 bits per heavy atom. The minimum atomic E-state index is -0.849. The zero-order chi connectivity index (χ0) is 16.1. The van der Waals surface area contributed by atoms with Crippen LogP contribution in [0.25, 0.3) is 0 Å². The van der Waals surface area contributed by atoms with E-state index in [1.165, 1.54) is 24.4 Å². The highest BCUT2D eigenvalue weighted by Crippen LogP contribution is 2.19. The fourth-order valence-electron chi connectivity index (χ4n) is 1.71. The molecule has 0 fully saturated rings. The summed E-state index contributed by atoms with van der Waals surface area (Å²) >= 11 is 3.36. The van der Waals surface area contributed by atoms with Gasteiger partial charge in [0.1, 0.15) is 0 Å². The topological polar surface area (TPSA) is 82.3 Å². The Balaban J connectivity index is 1.91. The average Bonchev–Trinajstić information content (AvgIpc) is 2.49. The quantitative estimate of drug-likeness (QED) is 0.512. The summed E-state index contributed by atoms with van der Waals surface area (Å²) in [5.74, 6) is -1.33. The van der Waals surface area contributed by atoms with Crippen molar-refractivity contribution >= 4 is 33.5 Å². The van der Waals surface area contributed by atoms with Crippen LogP contribution in [0.3, 0.4) is 0 Å². The number of aryl methyl sites for hydroxylation is 1. The van der Waals surface area contributed by atoms with Crippen molar-refractivity contribution in [3.05, 3.63) is 63.5 Å². The van der Waals surface area contributed by atoms with Gasteiger partial charge in [-0.15, -0.1) is 0 Å². The molecule has 0 atom stereocenters. The van der Waals surface area contributed by atoms with Gasteiger partial charge in [-0.2, -0.15) is 4.73 Å². The minimum absolute atomic E-state index is 0.171. The number of benzene rings is 1. The average molecular weight is 365 g/mol. The Labute approximate surface area is 135 Å². The molecule has 7 heteroatoms. The second-order valence-corrected chi connectivity index (χ2v) is 5.35. The van der Waals surface area contributed by atoms with E-state index >= 15 is 0 Å². The molecule has 1 heterocycles. The largest absolute Gasteiger partial charge is 0.618 e. The number of hydrogen-bond donors (Lipinski definition) is 1. The van der Waals surface area contributed by atoms with E-state index in [0.29, 0.717) is 10.4 Å². The van der Waals surface area contributed by atoms with Crippen LogP contribution in [-0.2, 0) is 9.53 Å². The van der Waals surface area contributed by atoms with Gasteiger partial charge in [0, 0.05) is 22.3 Å². The maximum Gasteiger partial charge on any atom is 0.405 e. The van der Waals surface area contributed by atoms with Crippen LogP contribution in [0.4, 0.5) is 5.69 Å². The molecule has 1 aromatic heterocycles. The Morgan fingerprint density at radius 1 is 1.32 bits per heavy atom. The zero-order valence-corrected chi connectivity index (χ0v) is 13.3. The molecule has 0 radical (unpaired) electrons. The molecule has 1 aromatic carbocycles. The molecule has 2 aromatic rings. The van der Waals surface area contributed by atoms with Gasteiger partial charge in [-0.1, -0.05) is 15.9 Å². The van der Waals surface area contributed by atoms with Crippen LogP contribution in [-0.4, -0.2) is 18.5 Å². The molecule has 0 aliphatic heterocycles. The lowest BCUT2D eigenvalue weighted by atomic mass is 10.2. The van der Waals surface area contributed by atoms with Crippen molar-refractivity contribution in [2.75, 3.05) is 11.9 Å². The lowest BCUT2D eigenvalue weighted by molar-refractivity contribution is -0.608. The highest BCUT2D eigenvalue weighted by molar-refractivity contribution is 9.10. The third-order valence-corrected chi connectivity index (χ3v) is 3.70. The molecule has 114 valence electrons. The van der Waals surface area contributed by atoms with Crippen LogP contribution in [0.15, 0.2) is 47.1 Å². The first-order valence-corrected chi connectivity index (χ1v) is 7.18. The number of carbonyl (C=O) groups is 2. The third-order valence-electron chi connectivity index (χ3n) is 2.81. The van der Waals surface area contributed by atoms with Crippen LogP contribution in [0.1, 0.15) is 16.1 Å². The number of ether oxygens (including phenoxy) is 1. The number of anilines is 1. The second kappa shape index (κ2) is 7.04.